The molecule has 0 heterocycles. The minimum Gasteiger partial charge on any atom is -0.258 e. The van der Waals surface area contributed by atoms with E-state index in [4.69, 9.17) is 5.26 Å². The maximum absolute atomic E-state index is 10.6. The second kappa shape index (κ2) is 4.19. The highest BCUT2D eigenvalue weighted by atomic mass is 16.6. The third-order valence-corrected chi connectivity index (χ3v) is 1.81. The summed E-state index contributed by atoms with van der Waals surface area (Å²) in [6.07, 6.45) is 1.29. The molecule has 0 unspecified atom stereocenters. The Morgan fingerprint density at radius 1 is 1.57 bits per heavy atom. The predicted octanol–water partition coefficient (Wildman–Crippen LogP) is 2.52. The van der Waals surface area contributed by atoms with Gasteiger partial charge in [-0.1, -0.05) is 12.1 Å². The van der Waals surface area contributed by atoms with Crippen LogP contribution in [0, 0.1) is 21.4 Å². The Morgan fingerprint density at radius 3 is 2.79 bits per heavy atom. The largest absolute Gasteiger partial charge is 0.276 e. The lowest BCUT2D eigenvalue weighted by Crippen LogP contribution is -1.92. The highest BCUT2D eigenvalue weighted by Crippen LogP contribution is 2.24. The third kappa shape index (κ3) is 1.96. The Hall–Kier alpha value is -2.15. The van der Waals surface area contributed by atoms with Gasteiger partial charge in [0.1, 0.15) is 0 Å². The molecule has 0 spiro atoms. The number of nitro benzene ring substituents is 1. The maximum atomic E-state index is 10.6. The zero-order valence-electron chi connectivity index (χ0n) is 7.60. The molecule has 0 radical (unpaired) electrons. The van der Waals surface area contributed by atoms with Crippen LogP contribution in [0.25, 0.3) is 5.57 Å². The zero-order valence-corrected chi connectivity index (χ0v) is 7.60. The SMILES string of the molecule is CC(=CC#N)c1ccccc1[N+](=O)[O-]. The van der Waals surface area contributed by atoms with Crippen molar-refractivity contribution in [1.29, 1.82) is 5.26 Å². The lowest BCUT2D eigenvalue weighted by atomic mass is 10.1. The van der Waals surface area contributed by atoms with Crippen molar-refractivity contribution in [3.05, 3.63) is 46.0 Å². The molecular weight excluding hydrogens is 180 g/mol. The van der Waals surface area contributed by atoms with Crippen LogP contribution in [-0.4, -0.2) is 4.92 Å². The number of rotatable bonds is 2. The molecule has 0 aromatic heterocycles. The lowest BCUT2D eigenvalue weighted by molar-refractivity contribution is -0.385. The van der Waals surface area contributed by atoms with Gasteiger partial charge in [0.25, 0.3) is 5.69 Å². The Balaban J connectivity index is 3.28. The quantitative estimate of drug-likeness (QED) is 0.407. The van der Waals surface area contributed by atoms with Gasteiger partial charge in [0, 0.05) is 12.1 Å². The zero-order chi connectivity index (χ0) is 10.6. The molecule has 1 rings (SSSR count). The normalized spacial score (nSPS) is 10.7. The van der Waals surface area contributed by atoms with E-state index in [1.807, 2.05) is 6.07 Å². The van der Waals surface area contributed by atoms with Crippen LogP contribution in [0.5, 0.6) is 0 Å². The van der Waals surface area contributed by atoms with E-state index in [0.29, 0.717) is 11.1 Å². The van der Waals surface area contributed by atoms with E-state index < -0.39 is 4.92 Å². The van der Waals surface area contributed by atoms with Crippen LogP contribution in [0.4, 0.5) is 5.69 Å². The van der Waals surface area contributed by atoms with Gasteiger partial charge < -0.3 is 0 Å². The third-order valence-electron chi connectivity index (χ3n) is 1.81. The first-order chi connectivity index (χ1) is 6.66. The van der Waals surface area contributed by atoms with Crippen molar-refractivity contribution in [2.75, 3.05) is 0 Å². The maximum Gasteiger partial charge on any atom is 0.276 e. The molecular formula is C10H8N2O2. The van der Waals surface area contributed by atoms with Crippen molar-refractivity contribution in [3.8, 4) is 6.07 Å². The summed E-state index contributed by atoms with van der Waals surface area (Å²) >= 11 is 0. The highest BCUT2D eigenvalue weighted by Gasteiger charge is 2.12. The first-order valence-corrected chi connectivity index (χ1v) is 3.97. The Labute approximate surface area is 81.2 Å². The van der Waals surface area contributed by atoms with Crippen molar-refractivity contribution in [1.82, 2.24) is 0 Å². The summed E-state index contributed by atoms with van der Waals surface area (Å²) in [6.45, 7) is 1.67. The summed E-state index contributed by atoms with van der Waals surface area (Å²) in [7, 11) is 0. The second-order valence-electron chi connectivity index (χ2n) is 2.73. The standard InChI is InChI=1S/C10H8N2O2/c1-8(6-7-11)9-4-2-3-5-10(9)12(13)14/h2-6H,1H3. The monoisotopic (exact) mass is 188 g/mol. The van der Waals surface area contributed by atoms with Gasteiger partial charge in [0.05, 0.1) is 16.6 Å². The van der Waals surface area contributed by atoms with E-state index in [1.54, 1.807) is 25.1 Å². The minimum absolute atomic E-state index is 0.0245. The summed E-state index contributed by atoms with van der Waals surface area (Å²) in [5.74, 6) is 0. The van der Waals surface area contributed by atoms with Crippen molar-refractivity contribution >= 4 is 11.3 Å². The van der Waals surface area contributed by atoms with Crippen molar-refractivity contribution in [2.45, 2.75) is 6.92 Å². The van der Waals surface area contributed by atoms with Crippen LogP contribution in [0.3, 0.4) is 0 Å². The van der Waals surface area contributed by atoms with Crippen molar-refractivity contribution < 1.29 is 4.92 Å². The summed E-state index contributed by atoms with van der Waals surface area (Å²) in [5.41, 5.74) is 1.11. The summed E-state index contributed by atoms with van der Waals surface area (Å²) in [4.78, 5) is 10.2. The van der Waals surface area contributed by atoms with Gasteiger partial charge in [-0.2, -0.15) is 5.26 Å². The molecule has 4 heteroatoms. The number of nitro groups is 1. The van der Waals surface area contributed by atoms with Gasteiger partial charge in [-0.05, 0) is 18.6 Å². The van der Waals surface area contributed by atoms with Crippen LogP contribution in [0.1, 0.15) is 12.5 Å². The molecule has 0 fully saturated rings. The molecule has 0 aliphatic carbocycles. The smallest absolute Gasteiger partial charge is 0.258 e. The molecule has 0 bridgehead atoms. The summed E-state index contributed by atoms with van der Waals surface area (Å²) in [5, 5.41) is 19.1. The van der Waals surface area contributed by atoms with E-state index >= 15 is 0 Å². The van der Waals surface area contributed by atoms with E-state index in [2.05, 4.69) is 0 Å². The molecule has 0 aliphatic heterocycles. The van der Waals surface area contributed by atoms with E-state index in [9.17, 15) is 10.1 Å². The molecule has 0 saturated carbocycles. The summed E-state index contributed by atoms with van der Waals surface area (Å²) in [6, 6.07) is 8.20. The Kier molecular flexibility index (Phi) is 2.97. The van der Waals surface area contributed by atoms with Crippen LogP contribution < -0.4 is 0 Å². The van der Waals surface area contributed by atoms with Crippen molar-refractivity contribution in [3.63, 3.8) is 0 Å². The van der Waals surface area contributed by atoms with Gasteiger partial charge in [0.15, 0.2) is 0 Å². The molecule has 0 amide bonds. The number of hydrogen-bond acceptors (Lipinski definition) is 3. The topological polar surface area (TPSA) is 66.9 Å². The molecule has 0 N–H and O–H groups in total. The molecule has 1 aromatic rings. The first kappa shape index (κ1) is 9.93. The molecule has 0 atom stereocenters. The van der Waals surface area contributed by atoms with Gasteiger partial charge in [-0.25, -0.2) is 0 Å². The molecule has 4 nitrogen and oxygen atoms in total. The molecule has 1 aromatic carbocycles. The second-order valence-corrected chi connectivity index (χ2v) is 2.73. The predicted molar refractivity (Wildman–Crippen MR) is 52.4 cm³/mol. The molecule has 0 aliphatic rings. The number of allylic oxidation sites excluding steroid dienone is 2. The van der Waals surface area contributed by atoms with Crippen LogP contribution in [0.2, 0.25) is 0 Å². The fraction of sp³-hybridized carbons (Fsp3) is 0.100. The molecule has 70 valence electrons. The van der Waals surface area contributed by atoms with Gasteiger partial charge in [-0.15, -0.1) is 0 Å². The van der Waals surface area contributed by atoms with E-state index in [1.165, 1.54) is 12.1 Å². The van der Waals surface area contributed by atoms with Crippen LogP contribution in [-0.2, 0) is 0 Å². The lowest BCUT2D eigenvalue weighted by Gasteiger charge is -2.00. The number of para-hydroxylation sites is 1. The Bertz CT molecular complexity index is 430. The van der Waals surface area contributed by atoms with Gasteiger partial charge in [0.2, 0.25) is 0 Å². The number of benzene rings is 1. The average molecular weight is 188 g/mol. The number of hydrogen-bond donors (Lipinski definition) is 0. The highest BCUT2D eigenvalue weighted by molar-refractivity contribution is 5.72. The van der Waals surface area contributed by atoms with Gasteiger partial charge >= 0.3 is 0 Å². The summed E-state index contributed by atoms with van der Waals surface area (Å²) < 4.78 is 0. The number of nitriles is 1. The van der Waals surface area contributed by atoms with E-state index in [0.717, 1.165) is 0 Å². The van der Waals surface area contributed by atoms with Crippen LogP contribution in [0.15, 0.2) is 30.3 Å². The van der Waals surface area contributed by atoms with E-state index in [-0.39, 0.29) is 5.69 Å². The Morgan fingerprint density at radius 2 is 2.21 bits per heavy atom. The fourth-order valence-electron chi connectivity index (χ4n) is 1.14. The number of nitrogens with zero attached hydrogens (tertiary/aromatic N) is 2. The van der Waals surface area contributed by atoms with Crippen LogP contribution >= 0.6 is 0 Å². The first-order valence-electron chi connectivity index (χ1n) is 3.97. The molecule has 0 saturated heterocycles. The fourth-order valence-corrected chi connectivity index (χ4v) is 1.14. The minimum atomic E-state index is -0.454. The average Bonchev–Trinajstić information content (AvgIpc) is 2.18. The van der Waals surface area contributed by atoms with Gasteiger partial charge in [-0.3, -0.25) is 10.1 Å². The molecule has 14 heavy (non-hydrogen) atoms. The van der Waals surface area contributed by atoms with Crippen molar-refractivity contribution in [2.24, 2.45) is 0 Å².